The Morgan fingerprint density at radius 1 is 1.41 bits per heavy atom. The number of hydrogen-bond donors (Lipinski definition) is 2. The van der Waals surface area contributed by atoms with Crippen LogP contribution in [0.15, 0.2) is 24.3 Å². The Kier molecular flexibility index (Phi) is 4.09. The SMILES string of the molecule is O=C(CNCCC1CC1)Nc1cccc(F)c1. The third-order valence-corrected chi connectivity index (χ3v) is 2.82. The Labute approximate surface area is 100 Å². The van der Waals surface area contributed by atoms with E-state index < -0.39 is 0 Å². The maximum absolute atomic E-state index is 12.9. The van der Waals surface area contributed by atoms with Crippen LogP contribution in [0.1, 0.15) is 19.3 Å². The highest BCUT2D eigenvalue weighted by atomic mass is 19.1. The first-order valence-electron chi connectivity index (χ1n) is 6.00. The molecule has 2 rings (SSSR count). The van der Waals surface area contributed by atoms with Crippen LogP contribution in [-0.2, 0) is 4.79 Å². The molecule has 0 atom stereocenters. The molecule has 4 heteroatoms. The van der Waals surface area contributed by atoms with Gasteiger partial charge in [-0.3, -0.25) is 4.79 Å². The van der Waals surface area contributed by atoms with Crippen LogP contribution < -0.4 is 10.6 Å². The van der Waals surface area contributed by atoms with Crippen LogP contribution in [0.5, 0.6) is 0 Å². The fraction of sp³-hybridized carbons (Fsp3) is 0.462. The molecular weight excluding hydrogens is 219 g/mol. The summed E-state index contributed by atoms with van der Waals surface area (Å²) >= 11 is 0. The Morgan fingerprint density at radius 3 is 2.94 bits per heavy atom. The molecule has 0 bridgehead atoms. The molecule has 0 heterocycles. The summed E-state index contributed by atoms with van der Waals surface area (Å²) in [5.41, 5.74) is 0.499. The Balaban J connectivity index is 1.65. The van der Waals surface area contributed by atoms with Crippen LogP contribution in [0.2, 0.25) is 0 Å². The lowest BCUT2D eigenvalue weighted by molar-refractivity contribution is -0.115. The van der Waals surface area contributed by atoms with Gasteiger partial charge in [0.2, 0.25) is 5.91 Å². The summed E-state index contributed by atoms with van der Waals surface area (Å²) in [5, 5.41) is 5.73. The summed E-state index contributed by atoms with van der Waals surface area (Å²) in [6, 6.07) is 5.91. The van der Waals surface area contributed by atoms with Crippen LogP contribution in [0.4, 0.5) is 10.1 Å². The third kappa shape index (κ3) is 4.53. The molecule has 1 aromatic rings. The number of anilines is 1. The van der Waals surface area contributed by atoms with Crippen LogP contribution in [0.3, 0.4) is 0 Å². The van der Waals surface area contributed by atoms with E-state index in [1.807, 2.05) is 0 Å². The summed E-state index contributed by atoms with van der Waals surface area (Å²) in [5.74, 6) is 0.393. The van der Waals surface area contributed by atoms with E-state index in [9.17, 15) is 9.18 Å². The van der Waals surface area contributed by atoms with Crippen molar-refractivity contribution in [3.63, 3.8) is 0 Å². The van der Waals surface area contributed by atoms with E-state index >= 15 is 0 Å². The lowest BCUT2D eigenvalue weighted by Crippen LogP contribution is -2.28. The van der Waals surface area contributed by atoms with E-state index in [0.717, 1.165) is 18.9 Å². The van der Waals surface area contributed by atoms with Crippen LogP contribution in [0, 0.1) is 11.7 Å². The minimum atomic E-state index is -0.343. The van der Waals surface area contributed by atoms with Crippen molar-refractivity contribution in [2.75, 3.05) is 18.4 Å². The molecule has 1 amide bonds. The second-order valence-corrected chi connectivity index (χ2v) is 4.47. The monoisotopic (exact) mass is 236 g/mol. The molecule has 2 N–H and O–H groups in total. The fourth-order valence-electron chi connectivity index (χ4n) is 1.69. The first kappa shape index (κ1) is 12.0. The quantitative estimate of drug-likeness (QED) is 0.743. The second-order valence-electron chi connectivity index (χ2n) is 4.47. The first-order chi connectivity index (χ1) is 8.24. The van der Waals surface area contributed by atoms with E-state index in [0.29, 0.717) is 5.69 Å². The zero-order valence-corrected chi connectivity index (χ0v) is 9.71. The van der Waals surface area contributed by atoms with Gasteiger partial charge in [-0.05, 0) is 37.1 Å². The van der Waals surface area contributed by atoms with Crippen LogP contribution in [0.25, 0.3) is 0 Å². The molecule has 1 aromatic carbocycles. The molecule has 92 valence electrons. The van der Waals surface area contributed by atoms with Gasteiger partial charge in [0, 0.05) is 5.69 Å². The van der Waals surface area contributed by atoms with E-state index in [1.165, 1.54) is 25.0 Å². The van der Waals surface area contributed by atoms with Gasteiger partial charge in [-0.2, -0.15) is 0 Å². The van der Waals surface area contributed by atoms with Crippen molar-refractivity contribution in [2.45, 2.75) is 19.3 Å². The van der Waals surface area contributed by atoms with Gasteiger partial charge in [-0.15, -0.1) is 0 Å². The molecule has 17 heavy (non-hydrogen) atoms. The predicted octanol–water partition coefficient (Wildman–Crippen LogP) is 2.15. The number of hydrogen-bond acceptors (Lipinski definition) is 2. The maximum Gasteiger partial charge on any atom is 0.238 e. The smallest absolute Gasteiger partial charge is 0.238 e. The first-order valence-corrected chi connectivity index (χ1v) is 6.00. The Hall–Kier alpha value is -1.42. The zero-order valence-electron chi connectivity index (χ0n) is 9.71. The van der Waals surface area contributed by atoms with Gasteiger partial charge in [-0.1, -0.05) is 18.9 Å². The number of nitrogens with one attached hydrogen (secondary N) is 2. The molecule has 0 spiro atoms. The number of carbonyl (C=O) groups is 1. The molecule has 1 fully saturated rings. The molecule has 3 nitrogen and oxygen atoms in total. The van der Waals surface area contributed by atoms with Gasteiger partial charge >= 0.3 is 0 Å². The standard InChI is InChI=1S/C13H17FN2O/c14-11-2-1-3-12(8-11)16-13(17)9-15-7-6-10-4-5-10/h1-3,8,10,15H,4-7,9H2,(H,16,17). The van der Waals surface area contributed by atoms with E-state index in [2.05, 4.69) is 10.6 Å². The number of amides is 1. The minimum absolute atomic E-state index is 0.133. The lowest BCUT2D eigenvalue weighted by atomic mass is 10.3. The summed E-state index contributed by atoms with van der Waals surface area (Å²) < 4.78 is 12.9. The van der Waals surface area contributed by atoms with E-state index in [-0.39, 0.29) is 18.3 Å². The average Bonchev–Trinajstić information content (AvgIpc) is 3.08. The highest BCUT2D eigenvalue weighted by Crippen LogP contribution is 2.31. The molecule has 1 saturated carbocycles. The zero-order chi connectivity index (χ0) is 12.1. The van der Waals surface area contributed by atoms with Crippen molar-refractivity contribution < 1.29 is 9.18 Å². The van der Waals surface area contributed by atoms with Crippen molar-refractivity contribution in [3.05, 3.63) is 30.1 Å². The average molecular weight is 236 g/mol. The van der Waals surface area contributed by atoms with Crippen molar-refractivity contribution in [2.24, 2.45) is 5.92 Å². The molecular formula is C13H17FN2O. The second kappa shape index (κ2) is 5.77. The van der Waals surface area contributed by atoms with E-state index in [4.69, 9.17) is 0 Å². The predicted molar refractivity (Wildman–Crippen MR) is 65.2 cm³/mol. The maximum atomic E-state index is 12.9. The van der Waals surface area contributed by atoms with Gasteiger partial charge in [0.05, 0.1) is 6.54 Å². The van der Waals surface area contributed by atoms with Gasteiger partial charge in [0.15, 0.2) is 0 Å². The van der Waals surface area contributed by atoms with E-state index in [1.54, 1.807) is 12.1 Å². The highest BCUT2D eigenvalue weighted by Gasteiger charge is 2.20. The van der Waals surface area contributed by atoms with Gasteiger partial charge in [0.25, 0.3) is 0 Å². The van der Waals surface area contributed by atoms with Crippen LogP contribution >= 0.6 is 0 Å². The summed E-state index contributed by atoms with van der Waals surface area (Å²) in [7, 11) is 0. The summed E-state index contributed by atoms with van der Waals surface area (Å²) in [4.78, 5) is 11.5. The van der Waals surface area contributed by atoms with Gasteiger partial charge in [-0.25, -0.2) is 4.39 Å². The molecule has 0 aromatic heterocycles. The van der Waals surface area contributed by atoms with Crippen molar-refractivity contribution in [1.29, 1.82) is 0 Å². The Bertz CT molecular complexity index is 391. The van der Waals surface area contributed by atoms with Crippen molar-refractivity contribution >= 4 is 11.6 Å². The topological polar surface area (TPSA) is 41.1 Å². The summed E-state index contributed by atoms with van der Waals surface area (Å²) in [6.45, 7) is 1.16. The molecule has 0 unspecified atom stereocenters. The number of carbonyl (C=O) groups excluding carboxylic acids is 1. The van der Waals surface area contributed by atoms with Gasteiger partial charge in [0.1, 0.15) is 5.82 Å². The van der Waals surface area contributed by atoms with Crippen LogP contribution in [-0.4, -0.2) is 19.0 Å². The number of halogens is 1. The highest BCUT2D eigenvalue weighted by molar-refractivity contribution is 5.92. The van der Waals surface area contributed by atoms with Crippen molar-refractivity contribution in [1.82, 2.24) is 5.32 Å². The minimum Gasteiger partial charge on any atom is -0.325 e. The van der Waals surface area contributed by atoms with Gasteiger partial charge < -0.3 is 10.6 Å². The third-order valence-electron chi connectivity index (χ3n) is 2.82. The molecule has 1 aliphatic rings. The largest absolute Gasteiger partial charge is 0.325 e. The number of rotatable bonds is 6. The molecule has 0 aliphatic heterocycles. The lowest BCUT2D eigenvalue weighted by Gasteiger charge is -2.06. The molecule has 0 saturated heterocycles. The fourth-order valence-corrected chi connectivity index (χ4v) is 1.69. The van der Waals surface area contributed by atoms with Crippen molar-refractivity contribution in [3.8, 4) is 0 Å². The summed E-state index contributed by atoms with van der Waals surface area (Å²) in [6.07, 6.45) is 3.81. The molecule has 0 radical (unpaired) electrons. The Morgan fingerprint density at radius 2 is 2.24 bits per heavy atom. The molecule has 1 aliphatic carbocycles. The normalized spacial score (nSPS) is 14.6. The number of benzene rings is 1.